The molecule has 0 saturated heterocycles. The zero-order valence-electron chi connectivity index (χ0n) is 16.1. The number of nitrogens with zero attached hydrogens (tertiary/aromatic N) is 3. The Morgan fingerprint density at radius 3 is 2.54 bits per heavy atom. The Morgan fingerprint density at radius 2 is 1.92 bits per heavy atom. The van der Waals surface area contributed by atoms with Crippen LogP contribution in [0, 0.1) is 13.8 Å². The van der Waals surface area contributed by atoms with E-state index in [1.165, 1.54) is 15.6 Å². The van der Waals surface area contributed by atoms with Crippen LogP contribution in [0.15, 0.2) is 35.3 Å². The lowest BCUT2D eigenvalue weighted by Crippen LogP contribution is -2.41. The summed E-state index contributed by atoms with van der Waals surface area (Å²) in [6.45, 7) is 9.63. The second-order valence-corrected chi connectivity index (χ2v) is 7.23. The predicted molar refractivity (Wildman–Crippen MR) is 124 cm³/mol. The molecule has 2 N–H and O–H groups in total. The van der Waals surface area contributed by atoms with Crippen LogP contribution in [0.5, 0.6) is 0 Å². The molecule has 26 heavy (non-hydrogen) atoms. The first-order valence-corrected chi connectivity index (χ1v) is 9.63. The van der Waals surface area contributed by atoms with E-state index < -0.39 is 0 Å². The third kappa shape index (κ3) is 7.49. The number of aromatic nitrogens is 1. The molecule has 2 aromatic rings. The Kier molecular flexibility index (Phi) is 10.6. The quantitative estimate of drug-likeness (QED) is 0.340. The Labute approximate surface area is 178 Å². The zero-order valence-corrected chi connectivity index (χ0v) is 19.2. The van der Waals surface area contributed by atoms with Crippen molar-refractivity contribution in [2.24, 2.45) is 4.99 Å². The van der Waals surface area contributed by atoms with Gasteiger partial charge in [0, 0.05) is 50.2 Å². The van der Waals surface area contributed by atoms with Crippen LogP contribution in [-0.4, -0.2) is 44.2 Å². The van der Waals surface area contributed by atoms with Crippen LogP contribution < -0.4 is 15.5 Å². The monoisotopic (exact) mass is 487 g/mol. The minimum atomic E-state index is 0. The second kappa shape index (κ2) is 12.1. The first-order chi connectivity index (χ1) is 12.1. The molecule has 1 aromatic heterocycles. The first-order valence-electron chi connectivity index (χ1n) is 8.81. The molecule has 0 atom stereocenters. The highest BCUT2D eigenvalue weighted by molar-refractivity contribution is 14.0. The summed E-state index contributed by atoms with van der Waals surface area (Å²) in [5.41, 5.74) is 2.36. The number of anilines is 1. The topological polar surface area (TPSA) is 52.6 Å². The Morgan fingerprint density at radius 1 is 1.19 bits per heavy atom. The molecule has 2 rings (SSSR count). The fourth-order valence-corrected chi connectivity index (χ4v) is 3.33. The molecule has 0 unspecified atom stereocenters. The van der Waals surface area contributed by atoms with E-state index in [4.69, 9.17) is 0 Å². The average Bonchev–Trinajstić information content (AvgIpc) is 2.93. The molecule has 0 spiro atoms. The van der Waals surface area contributed by atoms with Crippen LogP contribution in [0.3, 0.4) is 0 Å². The standard InChI is InChI=1S/C19H29N5S.HI/c1-5-20-19(21-12-11-18-23-15(2)16(3)25-18)22-13-14-24(4)17-9-7-6-8-10-17;/h6-10H,5,11-14H2,1-4H3,(H2,20,21,22);1H. The highest BCUT2D eigenvalue weighted by Gasteiger charge is 2.04. The number of guanidine groups is 1. The van der Waals surface area contributed by atoms with Crippen molar-refractivity contribution in [2.75, 3.05) is 38.1 Å². The van der Waals surface area contributed by atoms with Crippen LogP contribution in [0.4, 0.5) is 5.69 Å². The van der Waals surface area contributed by atoms with Gasteiger partial charge in [-0.05, 0) is 32.9 Å². The maximum atomic E-state index is 4.66. The maximum Gasteiger partial charge on any atom is 0.191 e. The summed E-state index contributed by atoms with van der Waals surface area (Å²) in [6.07, 6.45) is 0.889. The van der Waals surface area contributed by atoms with Crippen molar-refractivity contribution in [2.45, 2.75) is 27.2 Å². The lowest BCUT2D eigenvalue weighted by atomic mass is 10.3. The van der Waals surface area contributed by atoms with Gasteiger partial charge in [-0.3, -0.25) is 4.99 Å². The molecule has 0 radical (unpaired) electrons. The molecule has 0 saturated carbocycles. The molecular weight excluding hydrogens is 457 g/mol. The van der Waals surface area contributed by atoms with Gasteiger partial charge in [0.25, 0.3) is 0 Å². The number of aryl methyl sites for hydroxylation is 2. The van der Waals surface area contributed by atoms with Gasteiger partial charge in [0.05, 0.1) is 10.7 Å². The lowest BCUT2D eigenvalue weighted by molar-refractivity contribution is 0.778. The van der Waals surface area contributed by atoms with Crippen LogP contribution >= 0.6 is 35.3 Å². The highest BCUT2D eigenvalue weighted by atomic mass is 127. The molecule has 0 bridgehead atoms. The van der Waals surface area contributed by atoms with E-state index in [2.05, 4.69) is 77.6 Å². The molecule has 1 aromatic carbocycles. The molecule has 7 heteroatoms. The Balaban J connectivity index is 0.00000338. The fraction of sp³-hybridized carbons (Fsp3) is 0.474. The smallest absolute Gasteiger partial charge is 0.191 e. The van der Waals surface area contributed by atoms with Gasteiger partial charge in [-0.25, -0.2) is 4.98 Å². The molecule has 0 amide bonds. The number of halogens is 1. The number of rotatable bonds is 8. The average molecular weight is 487 g/mol. The molecule has 0 fully saturated rings. The fourth-order valence-electron chi connectivity index (χ4n) is 2.40. The number of benzene rings is 1. The first kappa shape index (κ1) is 22.7. The molecular formula is C19H30IN5S. The normalized spacial score (nSPS) is 11.0. The van der Waals surface area contributed by atoms with E-state index in [1.54, 1.807) is 11.3 Å². The number of nitrogens with one attached hydrogen (secondary N) is 2. The van der Waals surface area contributed by atoms with E-state index in [-0.39, 0.29) is 24.0 Å². The van der Waals surface area contributed by atoms with Crippen LogP contribution in [-0.2, 0) is 6.42 Å². The predicted octanol–water partition coefficient (Wildman–Crippen LogP) is 3.61. The zero-order chi connectivity index (χ0) is 18.1. The third-order valence-electron chi connectivity index (χ3n) is 3.95. The van der Waals surface area contributed by atoms with Crippen molar-refractivity contribution < 1.29 is 0 Å². The lowest BCUT2D eigenvalue weighted by Gasteiger charge is -2.20. The van der Waals surface area contributed by atoms with Crippen molar-refractivity contribution in [3.8, 4) is 0 Å². The van der Waals surface area contributed by atoms with Gasteiger partial charge >= 0.3 is 0 Å². The van der Waals surface area contributed by atoms with Gasteiger partial charge in [0.15, 0.2) is 5.96 Å². The largest absolute Gasteiger partial charge is 0.373 e. The van der Waals surface area contributed by atoms with Gasteiger partial charge in [0.2, 0.25) is 0 Å². The molecule has 5 nitrogen and oxygen atoms in total. The van der Waals surface area contributed by atoms with Crippen LogP contribution in [0.1, 0.15) is 22.5 Å². The van der Waals surface area contributed by atoms with E-state index >= 15 is 0 Å². The number of likely N-dealkylation sites (N-methyl/N-ethyl adjacent to an activating group) is 1. The van der Waals surface area contributed by atoms with Crippen molar-refractivity contribution in [1.29, 1.82) is 0 Å². The maximum absolute atomic E-state index is 4.66. The van der Waals surface area contributed by atoms with Gasteiger partial charge < -0.3 is 15.5 Å². The number of hydrogen-bond acceptors (Lipinski definition) is 4. The van der Waals surface area contributed by atoms with Crippen molar-refractivity contribution in [3.63, 3.8) is 0 Å². The summed E-state index contributed by atoms with van der Waals surface area (Å²) in [5.74, 6) is 0.869. The minimum Gasteiger partial charge on any atom is -0.373 e. The summed E-state index contributed by atoms with van der Waals surface area (Å²) in [6, 6.07) is 10.4. The second-order valence-electron chi connectivity index (χ2n) is 5.94. The Hall–Kier alpha value is -1.35. The van der Waals surface area contributed by atoms with E-state index in [0.29, 0.717) is 0 Å². The summed E-state index contributed by atoms with van der Waals surface area (Å²) < 4.78 is 0. The summed E-state index contributed by atoms with van der Waals surface area (Å²) >= 11 is 1.77. The summed E-state index contributed by atoms with van der Waals surface area (Å²) in [5, 5.41) is 7.87. The third-order valence-corrected chi connectivity index (χ3v) is 5.08. The number of para-hydroxylation sites is 1. The number of aliphatic imine (C=N–C) groups is 1. The minimum absolute atomic E-state index is 0. The number of thiazole rings is 1. The SMILES string of the molecule is CCNC(=NCCc1nc(C)c(C)s1)NCCN(C)c1ccccc1.I. The van der Waals surface area contributed by atoms with Crippen LogP contribution in [0.25, 0.3) is 0 Å². The summed E-state index contributed by atoms with van der Waals surface area (Å²) in [4.78, 5) is 12.8. The molecule has 1 heterocycles. The van der Waals surface area contributed by atoms with Crippen molar-refractivity contribution in [1.82, 2.24) is 15.6 Å². The Bertz CT molecular complexity index is 652. The van der Waals surface area contributed by atoms with Crippen LogP contribution in [0.2, 0.25) is 0 Å². The van der Waals surface area contributed by atoms with Crippen molar-refractivity contribution in [3.05, 3.63) is 45.9 Å². The summed E-state index contributed by atoms with van der Waals surface area (Å²) in [7, 11) is 2.11. The molecule has 0 aliphatic rings. The van der Waals surface area contributed by atoms with Gasteiger partial charge in [-0.1, -0.05) is 18.2 Å². The van der Waals surface area contributed by atoms with Gasteiger partial charge in [-0.15, -0.1) is 35.3 Å². The molecule has 144 valence electrons. The van der Waals surface area contributed by atoms with E-state index in [0.717, 1.165) is 44.3 Å². The molecule has 0 aliphatic heterocycles. The van der Waals surface area contributed by atoms with Gasteiger partial charge in [0.1, 0.15) is 0 Å². The van der Waals surface area contributed by atoms with E-state index in [9.17, 15) is 0 Å². The van der Waals surface area contributed by atoms with Crippen molar-refractivity contribution >= 4 is 47.0 Å². The molecule has 0 aliphatic carbocycles. The van der Waals surface area contributed by atoms with Gasteiger partial charge in [-0.2, -0.15) is 0 Å². The highest BCUT2D eigenvalue weighted by Crippen LogP contribution is 2.16. The van der Waals surface area contributed by atoms with E-state index in [1.807, 2.05) is 6.07 Å². The number of hydrogen-bond donors (Lipinski definition) is 2.